The van der Waals surface area contributed by atoms with Gasteiger partial charge in [-0.1, -0.05) is 23.4 Å². The Balaban J connectivity index is 1.65. The minimum Gasteiger partial charge on any atom is -0.325 e. The number of anilines is 1. The zero-order valence-electron chi connectivity index (χ0n) is 12.9. The van der Waals surface area contributed by atoms with Crippen LogP contribution in [0.25, 0.3) is 0 Å². The molecular formula is C19H16ClFN2O. The average molecular weight is 343 g/mol. The van der Waals surface area contributed by atoms with E-state index in [1.165, 1.54) is 12.1 Å². The lowest BCUT2D eigenvalue weighted by molar-refractivity contribution is -0.117. The maximum absolute atomic E-state index is 13.1. The first-order chi connectivity index (χ1) is 11.6. The third-order valence-electron chi connectivity index (χ3n) is 3.80. The highest BCUT2D eigenvalue weighted by Crippen LogP contribution is 2.16. The van der Waals surface area contributed by atoms with E-state index in [9.17, 15) is 9.18 Å². The third-order valence-corrected chi connectivity index (χ3v) is 4.09. The molecule has 1 fully saturated rings. The van der Waals surface area contributed by atoms with Gasteiger partial charge < -0.3 is 10.6 Å². The number of nitrogens with one attached hydrogen (secondary N) is 2. The number of amides is 1. The summed E-state index contributed by atoms with van der Waals surface area (Å²) in [6.07, 6.45) is 1.90. The predicted octanol–water partition coefficient (Wildman–Crippen LogP) is 3.57. The van der Waals surface area contributed by atoms with Gasteiger partial charge in [0.25, 0.3) is 0 Å². The van der Waals surface area contributed by atoms with Crippen molar-refractivity contribution in [3.63, 3.8) is 0 Å². The van der Waals surface area contributed by atoms with Crippen LogP contribution in [0.4, 0.5) is 10.1 Å². The fourth-order valence-electron chi connectivity index (χ4n) is 2.49. The standard InChI is InChI=1S/C19H16ClFN2O/c20-16-12-14(7-10-17(16)21)4-3-13-5-8-15(9-6-13)23-19(24)18-2-1-11-22-18/h5-10,12,18,22H,1-2,11H2,(H,23,24)/t18-/m1/s1. The highest BCUT2D eigenvalue weighted by molar-refractivity contribution is 6.30. The monoisotopic (exact) mass is 342 g/mol. The molecule has 1 atom stereocenters. The first-order valence-electron chi connectivity index (χ1n) is 7.73. The molecule has 5 heteroatoms. The average Bonchev–Trinajstić information content (AvgIpc) is 3.12. The number of rotatable bonds is 2. The minimum atomic E-state index is -0.459. The van der Waals surface area contributed by atoms with Crippen LogP contribution in [0.3, 0.4) is 0 Å². The van der Waals surface area contributed by atoms with Crippen molar-refractivity contribution in [2.75, 3.05) is 11.9 Å². The first kappa shape index (κ1) is 16.5. The lowest BCUT2D eigenvalue weighted by atomic mass is 10.1. The van der Waals surface area contributed by atoms with E-state index >= 15 is 0 Å². The topological polar surface area (TPSA) is 41.1 Å². The molecule has 2 aromatic carbocycles. The predicted molar refractivity (Wildman–Crippen MR) is 93.5 cm³/mol. The van der Waals surface area contributed by atoms with Gasteiger partial charge >= 0.3 is 0 Å². The minimum absolute atomic E-state index is 0.00714. The van der Waals surface area contributed by atoms with E-state index in [1.54, 1.807) is 6.07 Å². The summed E-state index contributed by atoms with van der Waals surface area (Å²) >= 11 is 5.73. The Morgan fingerprint density at radius 3 is 2.54 bits per heavy atom. The SMILES string of the molecule is O=C(Nc1ccc(C#Cc2ccc(F)c(Cl)c2)cc1)[C@H]1CCCN1. The second-order valence-electron chi connectivity index (χ2n) is 5.59. The molecule has 2 aromatic rings. The van der Waals surface area contributed by atoms with Gasteiger partial charge in [0.1, 0.15) is 5.82 Å². The van der Waals surface area contributed by atoms with Crippen molar-refractivity contribution in [1.82, 2.24) is 5.32 Å². The molecule has 0 aliphatic carbocycles. The summed E-state index contributed by atoms with van der Waals surface area (Å²) in [7, 11) is 0. The molecule has 0 saturated carbocycles. The van der Waals surface area contributed by atoms with Gasteiger partial charge in [0.05, 0.1) is 11.1 Å². The number of hydrogen-bond acceptors (Lipinski definition) is 2. The van der Waals surface area contributed by atoms with E-state index < -0.39 is 5.82 Å². The Morgan fingerprint density at radius 2 is 1.88 bits per heavy atom. The van der Waals surface area contributed by atoms with Gasteiger partial charge in [-0.15, -0.1) is 0 Å². The van der Waals surface area contributed by atoms with Gasteiger partial charge in [-0.3, -0.25) is 4.79 Å². The van der Waals surface area contributed by atoms with Gasteiger partial charge in [0, 0.05) is 16.8 Å². The Labute approximate surface area is 145 Å². The molecular weight excluding hydrogens is 327 g/mol. The maximum Gasteiger partial charge on any atom is 0.241 e. The normalized spacial score (nSPS) is 16.3. The molecule has 1 heterocycles. The molecule has 24 heavy (non-hydrogen) atoms. The zero-order chi connectivity index (χ0) is 16.9. The number of hydrogen-bond donors (Lipinski definition) is 2. The van der Waals surface area contributed by atoms with Gasteiger partial charge in [0.2, 0.25) is 5.91 Å². The van der Waals surface area contributed by atoms with Gasteiger partial charge in [-0.05, 0) is 61.9 Å². The summed E-state index contributed by atoms with van der Waals surface area (Å²) in [6.45, 7) is 0.889. The second kappa shape index (κ2) is 7.48. The van der Waals surface area contributed by atoms with Crippen molar-refractivity contribution in [3.05, 3.63) is 64.4 Å². The number of carbonyl (C=O) groups is 1. The van der Waals surface area contributed by atoms with Gasteiger partial charge in [-0.2, -0.15) is 0 Å². The molecule has 1 saturated heterocycles. The van der Waals surface area contributed by atoms with Crippen molar-refractivity contribution in [2.24, 2.45) is 0 Å². The summed E-state index contributed by atoms with van der Waals surface area (Å²) < 4.78 is 13.1. The van der Waals surface area contributed by atoms with Crippen molar-refractivity contribution >= 4 is 23.2 Å². The Kier molecular flexibility index (Phi) is 5.14. The molecule has 3 rings (SSSR count). The highest BCUT2D eigenvalue weighted by atomic mass is 35.5. The quantitative estimate of drug-likeness (QED) is 0.819. The second-order valence-corrected chi connectivity index (χ2v) is 6.00. The molecule has 122 valence electrons. The number of carbonyl (C=O) groups excluding carboxylic acids is 1. The van der Waals surface area contributed by atoms with E-state index in [1.807, 2.05) is 24.3 Å². The molecule has 0 spiro atoms. The fourth-order valence-corrected chi connectivity index (χ4v) is 2.67. The highest BCUT2D eigenvalue weighted by Gasteiger charge is 2.21. The van der Waals surface area contributed by atoms with Crippen LogP contribution in [0.2, 0.25) is 5.02 Å². The molecule has 1 amide bonds. The lowest BCUT2D eigenvalue weighted by Gasteiger charge is -2.10. The maximum atomic E-state index is 13.1. The molecule has 0 bridgehead atoms. The van der Waals surface area contributed by atoms with Crippen molar-refractivity contribution in [1.29, 1.82) is 0 Å². The summed E-state index contributed by atoms with van der Waals surface area (Å²) in [4.78, 5) is 12.0. The fraction of sp³-hybridized carbons (Fsp3) is 0.211. The summed E-state index contributed by atoms with van der Waals surface area (Å²) in [6, 6.07) is 11.5. The van der Waals surface area contributed by atoms with Crippen LogP contribution in [0, 0.1) is 17.7 Å². The van der Waals surface area contributed by atoms with Crippen LogP contribution in [-0.4, -0.2) is 18.5 Å². The van der Waals surface area contributed by atoms with Crippen LogP contribution in [0.1, 0.15) is 24.0 Å². The summed E-state index contributed by atoms with van der Waals surface area (Å²) in [5, 5.41) is 6.11. The molecule has 1 aliphatic heterocycles. The number of benzene rings is 2. The largest absolute Gasteiger partial charge is 0.325 e. The van der Waals surface area contributed by atoms with E-state index in [0.717, 1.165) is 30.6 Å². The van der Waals surface area contributed by atoms with Crippen molar-refractivity contribution in [2.45, 2.75) is 18.9 Å². The smallest absolute Gasteiger partial charge is 0.241 e. The lowest BCUT2D eigenvalue weighted by Crippen LogP contribution is -2.35. The number of halogens is 2. The van der Waals surface area contributed by atoms with Crippen LogP contribution < -0.4 is 10.6 Å². The third kappa shape index (κ3) is 4.14. The van der Waals surface area contributed by atoms with Crippen molar-refractivity contribution < 1.29 is 9.18 Å². The van der Waals surface area contributed by atoms with E-state index in [2.05, 4.69) is 22.5 Å². The first-order valence-corrected chi connectivity index (χ1v) is 8.11. The van der Waals surface area contributed by atoms with E-state index in [4.69, 9.17) is 11.6 Å². The van der Waals surface area contributed by atoms with Crippen LogP contribution in [0.5, 0.6) is 0 Å². The molecule has 0 unspecified atom stereocenters. The van der Waals surface area contributed by atoms with Crippen LogP contribution >= 0.6 is 11.6 Å². The van der Waals surface area contributed by atoms with E-state index in [0.29, 0.717) is 5.56 Å². The summed E-state index contributed by atoms with van der Waals surface area (Å²) in [5.74, 6) is 5.46. The Morgan fingerprint density at radius 1 is 1.17 bits per heavy atom. The molecule has 0 aromatic heterocycles. The van der Waals surface area contributed by atoms with E-state index in [-0.39, 0.29) is 17.0 Å². The van der Waals surface area contributed by atoms with Gasteiger partial charge in [0.15, 0.2) is 0 Å². The van der Waals surface area contributed by atoms with Crippen molar-refractivity contribution in [3.8, 4) is 11.8 Å². The summed E-state index contributed by atoms with van der Waals surface area (Å²) in [5.41, 5.74) is 2.18. The molecule has 1 aliphatic rings. The van der Waals surface area contributed by atoms with Gasteiger partial charge in [-0.25, -0.2) is 4.39 Å². The Hall–Kier alpha value is -2.35. The zero-order valence-corrected chi connectivity index (χ0v) is 13.7. The Bertz CT molecular complexity index is 802. The molecule has 2 N–H and O–H groups in total. The van der Waals surface area contributed by atoms with Crippen LogP contribution in [-0.2, 0) is 4.79 Å². The van der Waals surface area contributed by atoms with Crippen LogP contribution in [0.15, 0.2) is 42.5 Å². The molecule has 3 nitrogen and oxygen atoms in total. The molecule has 0 radical (unpaired) electrons.